The van der Waals surface area contributed by atoms with Crippen LogP contribution in [0.5, 0.6) is 0 Å². The van der Waals surface area contributed by atoms with Crippen molar-refractivity contribution in [3.8, 4) is 0 Å². The third kappa shape index (κ3) is 5.71. The number of benzene rings is 1. The van der Waals surface area contributed by atoms with Crippen molar-refractivity contribution in [3.05, 3.63) is 41.5 Å². The molecule has 3 nitrogen and oxygen atoms in total. The summed E-state index contributed by atoms with van der Waals surface area (Å²) in [5, 5.41) is 2.66. The molecule has 0 aromatic heterocycles. The molecule has 0 aliphatic rings. The lowest BCUT2D eigenvalue weighted by atomic mass is 10.1. The highest BCUT2D eigenvalue weighted by atomic mass is 16.1. The second kappa shape index (κ2) is 7.74. The van der Waals surface area contributed by atoms with Gasteiger partial charge in [-0.1, -0.05) is 42.0 Å². The van der Waals surface area contributed by atoms with Gasteiger partial charge in [0, 0.05) is 26.1 Å². The molecule has 0 radical (unpaired) electrons. The first-order valence-electron chi connectivity index (χ1n) is 6.66. The molecular formula is C16H24N2O. The number of amides is 1. The Kier molecular flexibility index (Phi) is 6.30. The molecule has 3 heteroatoms. The first kappa shape index (κ1) is 15.4. The zero-order valence-electron chi connectivity index (χ0n) is 12.3. The normalized spacial score (nSPS) is 13.4. The zero-order chi connectivity index (χ0) is 14.3. The largest absolute Gasteiger partial charge is 0.359 e. The third-order valence-electron chi connectivity index (χ3n) is 3.22. The Labute approximate surface area is 116 Å². The van der Waals surface area contributed by atoms with E-state index in [0.717, 1.165) is 6.54 Å². The van der Waals surface area contributed by atoms with Crippen molar-refractivity contribution in [1.82, 2.24) is 10.2 Å². The number of carbonyl (C=O) groups excluding carboxylic acids is 1. The molecule has 1 aromatic rings. The van der Waals surface area contributed by atoms with Gasteiger partial charge in [-0.15, -0.1) is 0 Å². The fourth-order valence-electron chi connectivity index (χ4n) is 1.95. The summed E-state index contributed by atoms with van der Waals surface area (Å²) in [6, 6.07) is 10.5. The first-order valence-corrected chi connectivity index (χ1v) is 6.66. The van der Waals surface area contributed by atoms with Crippen LogP contribution >= 0.6 is 0 Å². The van der Waals surface area contributed by atoms with E-state index in [0.29, 0.717) is 6.42 Å². The molecule has 1 aromatic carbocycles. The molecule has 1 amide bonds. The van der Waals surface area contributed by atoms with Crippen LogP contribution in [0.4, 0.5) is 0 Å². The van der Waals surface area contributed by atoms with Crippen molar-refractivity contribution in [2.24, 2.45) is 0 Å². The Balaban J connectivity index is 2.54. The second-order valence-electron chi connectivity index (χ2n) is 5.04. The van der Waals surface area contributed by atoms with Crippen LogP contribution in [0.2, 0.25) is 0 Å². The van der Waals surface area contributed by atoms with E-state index in [2.05, 4.69) is 49.3 Å². The van der Waals surface area contributed by atoms with E-state index in [1.807, 2.05) is 18.2 Å². The minimum Gasteiger partial charge on any atom is -0.359 e. The zero-order valence-corrected chi connectivity index (χ0v) is 12.3. The van der Waals surface area contributed by atoms with Crippen molar-refractivity contribution in [2.75, 3.05) is 20.6 Å². The molecule has 0 fully saturated rings. The number of nitrogens with zero attached hydrogens (tertiary/aromatic N) is 1. The summed E-state index contributed by atoms with van der Waals surface area (Å²) in [5.74, 6) is 0.0871. The molecule has 1 N–H and O–H groups in total. The van der Waals surface area contributed by atoms with Gasteiger partial charge >= 0.3 is 0 Å². The van der Waals surface area contributed by atoms with Crippen molar-refractivity contribution >= 4 is 12.0 Å². The molecule has 1 atom stereocenters. The molecule has 0 saturated carbocycles. The van der Waals surface area contributed by atoms with Crippen LogP contribution in [0.15, 0.2) is 35.9 Å². The fraction of sp³-hybridized carbons (Fsp3) is 0.438. The Morgan fingerprint density at radius 3 is 2.58 bits per heavy atom. The predicted octanol–water partition coefficient (Wildman–Crippen LogP) is 2.55. The summed E-state index contributed by atoms with van der Waals surface area (Å²) in [4.78, 5) is 13.5. The summed E-state index contributed by atoms with van der Waals surface area (Å²) in [6.45, 7) is 5.06. The predicted molar refractivity (Wildman–Crippen MR) is 80.9 cm³/mol. The molecule has 0 aliphatic carbocycles. The van der Waals surface area contributed by atoms with Gasteiger partial charge in [-0.3, -0.25) is 9.69 Å². The van der Waals surface area contributed by atoms with E-state index in [1.54, 1.807) is 7.05 Å². The Morgan fingerprint density at radius 2 is 2.00 bits per heavy atom. The van der Waals surface area contributed by atoms with Crippen LogP contribution in [0.25, 0.3) is 6.08 Å². The molecule has 0 heterocycles. The van der Waals surface area contributed by atoms with Gasteiger partial charge in [0.2, 0.25) is 5.91 Å². The van der Waals surface area contributed by atoms with Crippen molar-refractivity contribution in [2.45, 2.75) is 26.3 Å². The minimum atomic E-state index is 0.0871. The number of hydrogen-bond acceptors (Lipinski definition) is 2. The standard InChI is InChI=1S/C16H24N2O/c1-13(10-15-8-6-5-7-9-15)12-18(4)14(2)11-16(19)17-3/h5-10,14H,11-12H2,1-4H3,(H,17,19)/b13-10+/t14-/m0/s1. The Morgan fingerprint density at radius 1 is 1.37 bits per heavy atom. The SMILES string of the molecule is CNC(=O)C[C@H](C)N(C)C/C(C)=C/c1ccccc1. The second-order valence-corrected chi connectivity index (χ2v) is 5.04. The van der Waals surface area contributed by atoms with Crippen LogP contribution < -0.4 is 5.32 Å². The molecule has 0 unspecified atom stereocenters. The Bertz CT molecular complexity index is 426. The number of carbonyl (C=O) groups is 1. The van der Waals surface area contributed by atoms with Gasteiger partial charge in [0.05, 0.1) is 0 Å². The average molecular weight is 260 g/mol. The molecule has 0 saturated heterocycles. The van der Waals surface area contributed by atoms with Gasteiger partial charge in [0.15, 0.2) is 0 Å². The lowest BCUT2D eigenvalue weighted by molar-refractivity contribution is -0.121. The van der Waals surface area contributed by atoms with E-state index >= 15 is 0 Å². The van der Waals surface area contributed by atoms with Crippen LogP contribution in [0.1, 0.15) is 25.8 Å². The number of likely N-dealkylation sites (N-methyl/N-ethyl adjacent to an activating group) is 1. The summed E-state index contributed by atoms with van der Waals surface area (Å²) >= 11 is 0. The van der Waals surface area contributed by atoms with Gasteiger partial charge in [-0.05, 0) is 26.5 Å². The fourth-order valence-corrected chi connectivity index (χ4v) is 1.95. The summed E-state index contributed by atoms with van der Waals surface area (Å²) in [6.07, 6.45) is 2.72. The smallest absolute Gasteiger partial charge is 0.221 e. The van der Waals surface area contributed by atoms with Crippen LogP contribution in [0, 0.1) is 0 Å². The summed E-state index contributed by atoms with van der Waals surface area (Å²) < 4.78 is 0. The summed E-state index contributed by atoms with van der Waals surface area (Å²) in [5.41, 5.74) is 2.50. The van der Waals surface area contributed by atoms with Crippen molar-refractivity contribution < 1.29 is 4.79 Å². The number of hydrogen-bond donors (Lipinski definition) is 1. The molecule has 19 heavy (non-hydrogen) atoms. The van der Waals surface area contributed by atoms with Gasteiger partial charge in [-0.25, -0.2) is 0 Å². The van der Waals surface area contributed by atoms with E-state index < -0.39 is 0 Å². The summed E-state index contributed by atoms with van der Waals surface area (Å²) in [7, 11) is 3.73. The van der Waals surface area contributed by atoms with E-state index in [-0.39, 0.29) is 11.9 Å². The molecule has 104 valence electrons. The first-order chi connectivity index (χ1) is 9.02. The minimum absolute atomic E-state index is 0.0871. The molecule has 0 aliphatic heterocycles. The maximum absolute atomic E-state index is 11.4. The number of nitrogens with one attached hydrogen (secondary N) is 1. The molecule has 0 spiro atoms. The van der Waals surface area contributed by atoms with Gasteiger partial charge in [0.1, 0.15) is 0 Å². The van der Waals surface area contributed by atoms with E-state index in [9.17, 15) is 4.79 Å². The molecule has 0 bridgehead atoms. The van der Waals surface area contributed by atoms with Crippen LogP contribution in [0.3, 0.4) is 0 Å². The maximum Gasteiger partial charge on any atom is 0.221 e. The monoisotopic (exact) mass is 260 g/mol. The van der Waals surface area contributed by atoms with Crippen molar-refractivity contribution in [3.63, 3.8) is 0 Å². The third-order valence-corrected chi connectivity index (χ3v) is 3.22. The molecular weight excluding hydrogens is 236 g/mol. The van der Waals surface area contributed by atoms with Crippen LogP contribution in [-0.4, -0.2) is 37.5 Å². The highest BCUT2D eigenvalue weighted by molar-refractivity contribution is 5.76. The van der Waals surface area contributed by atoms with Gasteiger partial charge in [0.25, 0.3) is 0 Å². The lowest BCUT2D eigenvalue weighted by Crippen LogP contribution is -2.35. The van der Waals surface area contributed by atoms with Crippen molar-refractivity contribution in [1.29, 1.82) is 0 Å². The molecule has 1 rings (SSSR count). The van der Waals surface area contributed by atoms with Crippen LogP contribution in [-0.2, 0) is 4.79 Å². The highest BCUT2D eigenvalue weighted by Gasteiger charge is 2.12. The maximum atomic E-state index is 11.4. The lowest BCUT2D eigenvalue weighted by Gasteiger charge is -2.24. The van der Waals surface area contributed by atoms with E-state index in [1.165, 1.54) is 11.1 Å². The quantitative estimate of drug-likeness (QED) is 0.852. The average Bonchev–Trinajstić information content (AvgIpc) is 2.39. The van der Waals surface area contributed by atoms with E-state index in [4.69, 9.17) is 0 Å². The Hall–Kier alpha value is -1.61. The number of rotatable bonds is 6. The highest BCUT2D eigenvalue weighted by Crippen LogP contribution is 2.09. The van der Waals surface area contributed by atoms with Gasteiger partial charge < -0.3 is 5.32 Å². The topological polar surface area (TPSA) is 32.3 Å². The van der Waals surface area contributed by atoms with Gasteiger partial charge in [-0.2, -0.15) is 0 Å².